The van der Waals surface area contributed by atoms with Gasteiger partial charge in [0.2, 0.25) is 5.90 Å². The van der Waals surface area contributed by atoms with Crippen LogP contribution in [0.5, 0.6) is 0 Å². The Bertz CT molecular complexity index is 330. The van der Waals surface area contributed by atoms with Gasteiger partial charge in [0.05, 0.1) is 0 Å². The summed E-state index contributed by atoms with van der Waals surface area (Å²) < 4.78 is 17.8. The van der Waals surface area contributed by atoms with Crippen LogP contribution in [0.4, 0.5) is 4.39 Å². The van der Waals surface area contributed by atoms with Gasteiger partial charge in [-0.05, 0) is 23.8 Å². The number of nitrogens with zero attached hydrogens (tertiary/aromatic N) is 1. The fourth-order valence-electron chi connectivity index (χ4n) is 0.953. The molecule has 14 heavy (non-hydrogen) atoms. The molecule has 0 atom stereocenters. The molecule has 0 saturated heterocycles. The lowest BCUT2D eigenvalue weighted by Gasteiger charge is -2.04. The third-order valence-corrected chi connectivity index (χ3v) is 1.69. The minimum atomic E-state index is -0.248. The topological polar surface area (TPSA) is 21.6 Å². The predicted molar refractivity (Wildman–Crippen MR) is 54.7 cm³/mol. The Labute approximate surface area is 82.7 Å². The molecule has 0 N–H and O–H groups in total. The number of benzene rings is 1. The highest BCUT2D eigenvalue weighted by Crippen LogP contribution is 2.04. The van der Waals surface area contributed by atoms with Gasteiger partial charge < -0.3 is 4.74 Å². The van der Waals surface area contributed by atoms with Crippen molar-refractivity contribution in [3.05, 3.63) is 48.3 Å². The lowest BCUT2D eigenvalue weighted by atomic mass is 10.2. The van der Waals surface area contributed by atoms with Gasteiger partial charge in [0, 0.05) is 7.05 Å². The highest BCUT2D eigenvalue weighted by atomic mass is 19.1. The van der Waals surface area contributed by atoms with Gasteiger partial charge in [0.25, 0.3) is 0 Å². The van der Waals surface area contributed by atoms with Crippen molar-refractivity contribution in [1.82, 2.24) is 0 Å². The summed E-state index contributed by atoms with van der Waals surface area (Å²) in [4.78, 5) is 3.84. The first-order valence-electron chi connectivity index (χ1n) is 4.22. The van der Waals surface area contributed by atoms with Crippen LogP contribution in [0.15, 0.2) is 41.9 Å². The Kier molecular flexibility index (Phi) is 3.85. The number of hydrogen-bond acceptors (Lipinski definition) is 2. The van der Waals surface area contributed by atoms with Crippen molar-refractivity contribution in [2.24, 2.45) is 4.99 Å². The van der Waals surface area contributed by atoms with Crippen LogP contribution in [-0.2, 0) is 11.3 Å². The molecule has 1 aromatic rings. The number of halogens is 1. The van der Waals surface area contributed by atoms with Gasteiger partial charge in [-0.2, -0.15) is 0 Å². The first-order chi connectivity index (χ1) is 6.76. The van der Waals surface area contributed by atoms with Crippen LogP contribution in [0, 0.1) is 5.82 Å². The Morgan fingerprint density at radius 2 is 2.14 bits per heavy atom. The van der Waals surface area contributed by atoms with Gasteiger partial charge >= 0.3 is 0 Å². The molecule has 0 aliphatic carbocycles. The van der Waals surface area contributed by atoms with Gasteiger partial charge in [-0.3, -0.25) is 4.99 Å². The number of ether oxygens (including phenoxy) is 1. The first-order valence-corrected chi connectivity index (χ1v) is 4.22. The molecule has 1 rings (SSSR count). The minimum Gasteiger partial charge on any atom is -0.473 e. The average molecular weight is 193 g/mol. The molecule has 0 aliphatic rings. The zero-order valence-electron chi connectivity index (χ0n) is 8.03. The fourth-order valence-corrected chi connectivity index (χ4v) is 0.953. The van der Waals surface area contributed by atoms with Crippen molar-refractivity contribution in [3.63, 3.8) is 0 Å². The van der Waals surface area contributed by atoms with Crippen molar-refractivity contribution in [2.45, 2.75) is 6.61 Å². The van der Waals surface area contributed by atoms with Crippen molar-refractivity contribution in [2.75, 3.05) is 7.05 Å². The first kappa shape index (κ1) is 10.4. The Morgan fingerprint density at radius 3 is 2.64 bits per heavy atom. The van der Waals surface area contributed by atoms with E-state index < -0.39 is 0 Å². The highest BCUT2D eigenvalue weighted by molar-refractivity contribution is 5.86. The summed E-state index contributed by atoms with van der Waals surface area (Å²) in [6, 6.07) is 6.14. The van der Waals surface area contributed by atoms with E-state index in [1.807, 2.05) is 0 Å². The zero-order valence-corrected chi connectivity index (χ0v) is 8.03. The van der Waals surface area contributed by atoms with Crippen LogP contribution in [0.3, 0.4) is 0 Å². The molecule has 3 heteroatoms. The molecule has 0 unspecified atom stereocenters. The second kappa shape index (κ2) is 5.17. The van der Waals surface area contributed by atoms with E-state index in [2.05, 4.69) is 11.6 Å². The summed E-state index contributed by atoms with van der Waals surface area (Å²) in [5.41, 5.74) is 0.898. The van der Waals surface area contributed by atoms with Gasteiger partial charge in [0.15, 0.2) is 0 Å². The van der Waals surface area contributed by atoms with E-state index in [9.17, 15) is 4.39 Å². The Hall–Kier alpha value is -1.64. The van der Waals surface area contributed by atoms with Crippen molar-refractivity contribution in [3.8, 4) is 0 Å². The molecule has 0 radical (unpaired) electrons. The molecule has 1 aromatic carbocycles. The third kappa shape index (κ3) is 3.01. The van der Waals surface area contributed by atoms with Crippen molar-refractivity contribution in [1.29, 1.82) is 0 Å². The van der Waals surface area contributed by atoms with Crippen LogP contribution in [-0.4, -0.2) is 12.9 Å². The predicted octanol–water partition coefficient (Wildman–Crippen LogP) is 2.56. The van der Waals surface area contributed by atoms with Crippen LogP contribution < -0.4 is 0 Å². The molecular formula is C11H12FNO. The zero-order chi connectivity index (χ0) is 10.4. The standard InChI is InChI=1S/C11H12FNO/c1-3-11(13-2)14-8-9-4-6-10(12)7-5-9/h3-7H,1,8H2,2H3. The minimum absolute atomic E-state index is 0.248. The smallest absolute Gasteiger partial charge is 0.207 e. The number of aliphatic imine (C=N–C) groups is 1. The average Bonchev–Trinajstić information content (AvgIpc) is 2.22. The largest absolute Gasteiger partial charge is 0.473 e. The lowest BCUT2D eigenvalue weighted by Crippen LogP contribution is -2.00. The van der Waals surface area contributed by atoms with E-state index >= 15 is 0 Å². The Morgan fingerprint density at radius 1 is 1.50 bits per heavy atom. The summed E-state index contributed by atoms with van der Waals surface area (Å²) in [6.07, 6.45) is 1.53. The Balaban J connectivity index is 2.53. The summed E-state index contributed by atoms with van der Waals surface area (Å²) >= 11 is 0. The van der Waals surface area contributed by atoms with Gasteiger partial charge in [-0.25, -0.2) is 4.39 Å². The SMILES string of the molecule is C=CC(=NC)OCc1ccc(F)cc1. The van der Waals surface area contributed by atoms with Gasteiger partial charge in [0.1, 0.15) is 12.4 Å². The summed E-state index contributed by atoms with van der Waals surface area (Å²) in [5.74, 6) is 0.233. The van der Waals surface area contributed by atoms with Crippen LogP contribution in [0.2, 0.25) is 0 Å². The monoisotopic (exact) mass is 193 g/mol. The van der Waals surface area contributed by atoms with E-state index in [1.165, 1.54) is 18.2 Å². The number of hydrogen-bond donors (Lipinski definition) is 0. The molecule has 0 spiro atoms. The second-order valence-electron chi connectivity index (χ2n) is 2.68. The van der Waals surface area contributed by atoms with Gasteiger partial charge in [-0.15, -0.1) is 0 Å². The summed E-state index contributed by atoms with van der Waals surface area (Å²) in [7, 11) is 1.63. The van der Waals surface area contributed by atoms with E-state index in [-0.39, 0.29) is 5.82 Å². The lowest BCUT2D eigenvalue weighted by molar-refractivity contribution is 0.294. The maximum Gasteiger partial charge on any atom is 0.207 e. The van der Waals surface area contributed by atoms with E-state index in [1.54, 1.807) is 19.2 Å². The normalized spacial score (nSPS) is 11.1. The van der Waals surface area contributed by atoms with Crippen molar-refractivity contribution < 1.29 is 9.13 Å². The van der Waals surface area contributed by atoms with Crippen LogP contribution in [0.25, 0.3) is 0 Å². The number of rotatable bonds is 3. The molecular weight excluding hydrogens is 181 g/mol. The molecule has 2 nitrogen and oxygen atoms in total. The molecule has 0 fully saturated rings. The van der Waals surface area contributed by atoms with E-state index in [0.29, 0.717) is 12.5 Å². The molecule has 0 aliphatic heterocycles. The fraction of sp³-hybridized carbons (Fsp3) is 0.182. The summed E-state index contributed by atoms with van der Waals surface area (Å²) in [5, 5.41) is 0. The molecule has 0 bridgehead atoms. The maximum atomic E-state index is 12.5. The molecule has 0 heterocycles. The molecule has 74 valence electrons. The van der Waals surface area contributed by atoms with E-state index in [4.69, 9.17) is 4.74 Å². The summed E-state index contributed by atoms with van der Waals surface area (Å²) in [6.45, 7) is 3.92. The van der Waals surface area contributed by atoms with Crippen LogP contribution >= 0.6 is 0 Å². The highest BCUT2D eigenvalue weighted by Gasteiger charge is 1.96. The molecule has 0 amide bonds. The van der Waals surface area contributed by atoms with Gasteiger partial charge in [-0.1, -0.05) is 18.7 Å². The van der Waals surface area contributed by atoms with Crippen molar-refractivity contribution >= 4 is 5.90 Å². The molecule has 0 saturated carbocycles. The quantitative estimate of drug-likeness (QED) is 0.534. The van der Waals surface area contributed by atoms with Crippen LogP contribution in [0.1, 0.15) is 5.56 Å². The molecule has 0 aromatic heterocycles. The van der Waals surface area contributed by atoms with E-state index in [0.717, 1.165) is 5.56 Å². The third-order valence-electron chi connectivity index (χ3n) is 1.69. The maximum absolute atomic E-state index is 12.5. The second-order valence-corrected chi connectivity index (χ2v) is 2.68.